The first-order valence-electron chi connectivity index (χ1n) is 8.38. The second-order valence-corrected chi connectivity index (χ2v) is 6.74. The lowest BCUT2D eigenvalue weighted by molar-refractivity contribution is -0.118. The van der Waals surface area contributed by atoms with Crippen LogP contribution < -0.4 is 15.0 Å². The van der Waals surface area contributed by atoms with Crippen molar-refractivity contribution in [1.82, 2.24) is 4.98 Å². The molecule has 0 spiro atoms. The highest BCUT2D eigenvalue weighted by Crippen LogP contribution is 2.41. The summed E-state index contributed by atoms with van der Waals surface area (Å²) in [5, 5.41) is 2.69. The van der Waals surface area contributed by atoms with Crippen LogP contribution in [-0.4, -0.2) is 29.9 Å². The van der Waals surface area contributed by atoms with E-state index >= 15 is 0 Å². The fraction of sp³-hybridized carbons (Fsp3) is 0.316. The zero-order valence-corrected chi connectivity index (χ0v) is 14.2. The number of para-hydroxylation sites is 1. The van der Waals surface area contributed by atoms with E-state index in [1.165, 1.54) is 11.8 Å². The topological polar surface area (TPSA) is 71.5 Å². The summed E-state index contributed by atoms with van der Waals surface area (Å²) in [4.78, 5) is 30.5. The van der Waals surface area contributed by atoms with E-state index < -0.39 is 0 Å². The van der Waals surface area contributed by atoms with E-state index in [9.17, 15) is 9.59 Å². The molecule has 0 saturated carbocycles. The molecule has 4 rings (SSSR count). The fourth-order valence-electron chi connectivity index (χ4n) is 3.45. The summed E-state index contributed by atoms with van der Waals surface area (Å²) in [5.41, 5.74) is 3.02. The van der Waals surface area contributed by atoms with Crippen LogP contribution in [0.25, 0.3) is 0 Å². The van der Waals surface area contributed by atoms with Crippen LogP contribution in [0.5, 0.6) is 5.88 Å². The SMILES string of the molecule is CC(C)[C@@H]1CN(C(=O)c2cnc3c(c2)NC(=O)CO3)c2ccccc21. The molecular formula is C19H19N3O3. The third-order valence-electron chi connectivity index (χ3n) is 4.77. The highest BCUT2D eigenvalue weighted by Gasteiger charge is 2.34. The number of anilines is 2. The summed E-state index contributed by atoms with van der Waals surface area (Å²) in [6, 6.07) is 9.66. The Hall–Kier alpha value is -2.89. The molecule has 2 aliphatic heterocycles. The molecule has 0 fully saturated rings. The number of hydrogen-bond donors (Lipinski definition) is 1. The van der Waals surface area contributed by atoms with Crippen molar-refractivity contribution in [3.8, 4) is 5.88 Å². The van der Waals surface area contributed by atoms with Gasteiger partial charge >= 0.3 is 0 Å². The predicted molar refractivity (Wildman–Crippen MR) is 94.1 cm³/mol. The summed E-state index contributed by atoms with van der Waals surface area (Å²) < 4.78 is 5.25. The largest absolute Gasteiger partial charge is 0.466 e. The third-order valence-corrected chi connectivity index (χ3v) is 4.77. The van der Waals surface area contributed by atoms with Crippen LogP contribution in [0.4, 0.5) is 11.4 Å². The van der Waals surface area contributed by atoms with Crippen LogP contribution >= 0.6 is 0 Å². The molecule has 6 nitrogen and oxygen atoms in total. The number of pyridine rings is 1. The summed E-state index contributed by atoms with van der Waals surface area (Å²) in [5.74, 6) is 0.733. The summed E-state index contributed by atoms with van der Waals surface area (Å²) in [7, 11) is 0. The number of hydrogen-bond acceptors (Lipinski definition) is 4. The molecule has 0 bridgehead atoms. The van der Waals surface area contributed by atoms with Crippen LogP contribution in [0, 0.1) is 5.92 Å². The Labute approximate surface area is 145 Å². The smallest absolute Gasteiger partial charge is 0.262 e. The normalized spacial score (nSPS) is 18.4. The number of nitrogens with one attached hydrogen (secondary N) is 1. The van der Waals surface area contributed by atoms with Gasteiger partial charge in [-0.05, 0) is 23.6 Å². The molecule has 1 aromatic heterocycles. The van der Waals surface area contributed by atoms with Gasteiger partial charge in [0.05, 0.1) is 5.56 Å². The van der Waals surface area contributed by atoms with Crippen molar-refractivity contribution < 1.29 is 14.3 Å². The van der Waals surface area contributed by atoms with Crippen LogP contribution in [-0.2, 0) is 4.79 Å². The highest BCUT2D eigenvalue weighted by atomic mass is 16.5. The van der Waals surface area contributed by atoms with Crippen LogP contribution in [0.2, 0.25) is 0 Å². The zero-order valence-electron chi connectivity index (χ0n) is 14.2. The molecule has 1 aromatic carbocycles. The molecule has 1 atom stereocenters. The maximum atomic E-state index is 13.1. The lowest BCUT2D eigenvalue weighted by atomic mass is 9.90. The first kappa shape index (κ1) is 15.6. The average molecular weight is 337 g/mol. The number of rotatable bonds is 2. The number of aromatic nitrogens is 1. The van der Waals surface area contributed by atoms with Gasteiger partial charge in [-0.15, -0.1) is 0 Å². The molecule has 0 saturated heterocycles. The van der Waals surface area contributed by atoms with E-state index in [-0.39, 0.29) is 18.4 Å². The number of amides is 2. The summed E-state index contributed by atoms with van der Waals surface area (Å²) in [6.07, 6.45) is 1.50. The average Bonchev–Trinajstić information content (AvgIpc) is 3.00. The van der Waals surface area contributed by atoms with Crippen LogP contribution in [0.3, 0.4) is 0 Å². The van der Waals surface area contributed by atoms with Gasteiger partial charge in [0, 0.05) is 24.3 Å². The molecule has 1 N–H and O–H groups in total. The molecule has 2 aliphatic rings. The minimum atomic E-state index is -0.245. The quantitative estimate of drug-likeness (QED) is 0.915. The Morgan fingerprint density at radius 1 is 1.36 bits per heavy atom. The summed E-state index contributed by atoms with van der Waals surface area (Å²) in [6.45, 7) is 4.93. The van der Waals surface area contributed by atoms with Crippen LogP contribution in [0.15, 0.2) is 36.5 Å². The lowest BCUT2D eigenvalue weighted by Crippen LogP contribution is -2.31. The van der Waals surface area contributed by atoms with Crippen molar-refractivity contribution in [3.05, 3.63) is 47.7 Å². The van der Waals surface area contributed by atoms with Gasteiger partial charge in [-0.1, -0.05) is 32.0 Å². The minimum absolute atomic E-state index is 0.0527. The van der Waals surface area contributed by atoms with E-state index in [4.69, 9.17) is 4.74 Å². The molecule has 0 radical (unpaired) electrons. The van der Waals surface area contributed by atoms with Crippen molar-refractivity contribution in [2.75, 3.05) is 23.4 Å². The molecule has 3 heterocycles. The van der Waals surface area contributed by atoms with Crippen molar-refractivity contribution in [1.29, 1.82) is 0 Å². The van der Waals surface area contributed by atoms with Gasteiger partial charge in [0.2, 0.25) is 5.88 Å². The van der Waals surface area contributed by atoms with Gasteiger partial charge in [-0.2, -0.15) is 0 Å². The van der Waals surface area contributed by atoms with Gasteiger partial charge in [0.1, 0.15) is 5.69 Å². The Balaban J connectivity index is 1.68. The van der Waals surface area contributed by atoms with E-state index in [0.717, 1.165) is 5.69 Å². The minimum Gasteiger partial charge on any atom is -0.466 e. The Morgan fingerprint density at radius 2 is 2.16 bits per heavy atom. The second-order valence-electron chi connectivity index (χ2n) is 6.74. The maximum Gasteiger partial charge on any atom is 0.262 e. The van der Waals surface area contributed by atoms with Gasteiger partial charge in [0.15, 0.2) is 6.61 Å². The number of carbonyl (C=O) groups excluding carboxylic acids is 2. The summed E-state index contributed by atoms with van der Waals surface area (Å²) >= 11 is 0. The number of fused-ring (bicyclic) bond motifs is 2. The van der Waals surface area contributed by atoms with Crippen molar-refractivity contribution in [2.45, 2.75) is 19.8 Å². The van der Waals surface area contributed by atoms with Crippen molar-refractivity contribution >= 4 is 23.2 Å². The Kier molecular flexibility index (Phi) is 3.67. The van der Waals surface area contributed by atoms with Gasteiger partial charge in [-0.25, -0.2) is 4.98 Å². The zero-order chi connectivity index (χ0) is 17.6. The molecular weight excluding hydrogens is 318 g/mol. The van der Waals surface area contributed by atoms with E-state index in [1.54, 1.807) is 11.0 Å². The van der Waals surface area contributed by atoms with Gasteiger partial charge in [0.25, 0.3) is 11.8 Å². The molecule has 2 amide bonds. The molecule has 25 heavy (non-hydrogen) atoms. The van der Waals surface area contributed by atoms with E-state index in [0.29, 0.717) is 35.5 Å². The number of carbonyl (C=O) groups is 2. The van der Waals surface area contributed by atoms with Gasteiger partial charge in [-0.3, -0.25) is 9.59 Å². The van der Waals surface area contributed by atoms with E-state index in [1.807, 2.05) is 18.2 Å². The predicted octanol–water partition coefficient (Wildman–Crippen LogP) is 2.81. The molecule has 2 aromatic rings. The second kappa shape index (κ2) is 5.88. The number of ether oxygens (including phenoxy) is 1. The highest BCUT2D eigenvalue weighted by molar-refractivity contribution is 6.08. The van der Waals surface area contributed by atoms with Crippen molar-refractivity contribution in [2.24, 2.45) is 5.92 Å². The Bertz CT molecular complexity index is 863. The van der Waals surface area contributed by atoms with E-state index in [2.05, 4.69) is 30.2 Å². The monoisotopic (exact) mass is 337 g/mol. The van der Waals surface area contributed by atoms with Crippen molar-refractivity contribution in [3.63, 3.8) is 0 Å². The maximum absolute atomic E-state index is 13.1. The third kappa shape index (κ3) is 2.63. The van der Waals surface area contributed by atoms with Crippen LogP contribution in [0.1, 0.15) is 35.7 Å². The first-order chi connectivity index (χ1) is 12.0. The first-order valence-corrected chi connectivity index (χ1v) is 8.38. The molecule has 0 unspecified atom stereocenters. The van der Waals surface area contributed by atoms with Gasteiger partial charge < -0.3 is 15.0 Å². The number of benzene rings is 1. The Morgan fingerprint density at radius 3 is 2.96 bits per heavy atom. The lowest BCUT2D eigenvalue weighted by Gasteiger charge is -2.21. The molecule has 128 valence electrons. The fourth-order valence-corrected chi connectivity index (χ4v) is 3.45. The molecule has 0 aliphatic carbocycles. The molecule has 6 heteroatoms. The number of nitrogens with zero attached hydrogens (tertiary/aromatic N) is 2. The standard InChI is InChI=1S/C19H19N3O3/c1-11(2)14-9-22(16-6-4-3-5-13(14)16)19(24)12-7-15-18(20-8-12)25-10-17(23)21-15/h3-8,11,14H,9-10H2,1-2H3,(H,21,23)/t14-/m0/s1.